The van der Waals surface area contributed by atoms with Crippen LogP contribution < -0.4 is 22.3 Å². The van der Waals surface area contributed by atoms with Crippen molar-refractivity contribution in [3.05, 3.63) is 12.7 Å². The lowest BCUT2D eigenvalue weighted by atomic mass is 10.4. The SMILES string of the molecule is NNc1nc(NCCC(N)=O)nc(-n2cncn2)n1. The second-order valence-corrected chi connectivity index (χ2v) is 3.41. The first-order chi connectivity index (χ1) is 9.19. The second-order valence-electron chi connectivity index (χ2n) is 3.41. The monoisotopic (exact) mass is 264 g/mol. The van der Waals surface area contributed by atoms with Crippen molar-refractivity contribution < 1.29 is 4.79 Å². The fourth-order valence-corrected chi connectivity index (χ4v) is 1.22. The molecular weight excluding hydrogens is 252 g/mol. The molecule has 0 fully saturated rings. The minimum atomic E-state index is -0.421. The van der Waals surface area contributed by atoms with Gasteiger partial charge in [0.25, 0.3) is 5.95 Å². The summed E-state index contributed by atoms with van der Waals surface area (Å²) >= 11 is 0. The Bertz CT molecular complexity index is 553. The molecule has 19 heavy (non-hydrogen) atoms. The van der Waals surface area contributed by atoms with Gasteiger partial charge in [0.2, 0.25) is 17.8 Å². The number of amides is 1. The van der Waals surface area contributed by atoms with E-state index in [1.54, 1.807) is 0 Å². The summed E-state index contributed by atoms with van der Waals surface area (Å²) in [6.45, 7) is 0.306. The zero-order valence-corrected chi connectivity index (χ0v) is 9.82. The average molecular weight is 264 g/mol. The van der Waals surface area contributed by atoms with Crippen molar-refractivity contribution in [3.63, 3.8) is 0 Å². The van der Waals surface area contributed by atoms with Crippen LogP contribution in [0.3, 0.4) is 0 Å². The maximum atomic E-state index is 10.6. The van der Waals surface area contributed by atoms with Crippen LogP contribution in [0.2, 0.25) is 0 Å². The molecule has 6 N–H and O–H groups in total. The van der Waals surface area contributed by atoms with Gasteiger partial charge in [-0.15, -0.1) is 0 Å². The summed E-state index contributed by atoms with van der Waals surface area (Å²) in [7, 11) is 0. The minimum Gasteiger partial charge on any atom is -0.370 e. The van der Waals surface area contributed by atoms with Gasteiger partial charge < -0.3 is 11.1 Å². The molecule has 0 bridgehead atoms. The van der Waals surface area contributed by atoms with Crippen molar-refractivity contribution in [1.29, 1.82) is 0 Å². The van der Waals surface area contributed by atoms with Crippen molar-refractivity contribution >= 4 is 17.8 Å². The van der Waals surface area contributed by atoms with Crippen LogP contribution in [0.5, 0.6) is 0 Å². The lowest BCUT2D eigenvalue weighted by molar-refractivity contribution is -0.117. The molecule has 100 valence electrons. The number of hydrogen-bond donors (Lipinski definition) is 4. The first kappa shape index (κ1) is 12.6. The van der Waals surface area contributed by atoms with Crippen LogP contribution >= 0.6 is 0 Å². The van der Waals surface area contributed by atoms with E-state index in [4.69, 9.17) is 11.6 Å². The third-order valence-electron chi connectivity index (χ3n) is 2.03. The maximum absolute atomic E-state index is 10.6. The Balaban J connectivity index is 2.19. The van der Waals surface area contributed by atoms with E-state index in [-0.39, 0.29) is 24.3 Å². The predicted molar refractivity (Wildman–Crippen MR) is 64.9 cm³/mol. The van der Waals surface area contributed by atoms with E-state index in [2.05, 4.69) is 35.8 Å². The van der Waals surface area contributed by atoms with Gasteiger partial charge in [0.15, 0.2) is 0 Å². The van der Waals surface area contributed by atoms with Crippen LogP contribution in [-0.4, -0.2) is 42.2 Å². The van der Waals surface area contributed by atoms with E-state index < -0.39 is 5.91 Å². The number of hydrogen-bond acceptors (Lipinski definition) is 9. The molecule has 0 spiro atoms. The summed E-state index contributed by atoms with van der Waals surface area (Å²) in [5, 5.41) is 6.73. The fraction of sp³-hybridized carbons (Fsp3) is 0.250. The van der Waals surface area contributed by atoms with Gasteiger partial charge in [-0.2, -0.15) is 24.7 Å². The van der Waals surface area contributed by atoms with Gasteiger partial charge >= 0.3 is 0 Å². The summed E-state index contributed by atoms with van der Waals surface area (Å²) in [6.07, 6.45) is 2.94. The molecule has 2 aromatic rings. The number of nitrogens with one attached hydrogen (secondary N) is 2. The predicted octanol–water partition coefficient (Wildman–Crippen LogP) is -1.97. The number of primary amides is 1. The number of aromatic nitrogens is 6. The molecule has 0 saturated heterocycles. The number of nitrogens with zero attached hydrogens (tertiary/aromatic N) is 6. The van der Waals surface area contributed by atoms with Crippen LogP contribution in [0.1, 0.15) is 6.42 Å². The highest BCUT2D eigenvalue weighted by Crippen LogP contribution is 2.07. The Morgan fingerprint density at radius 1 is 1.32 bits per heavy atom. The van der Waals surface area contributed by atoms with Gasteiger partial charge in [0.1, 0.15) is 12.7 Å². The first-order valence-corrected chi connectivity index (χ1v) is 5.29. The number of rotatable bonds is 6. The third-order valence-corrected chi connectivity index (χ3v) is 2.03. The van der Waals surface area contributed by atoms with E-state index >= 15 is 0 Å². The van der Waals surface area contributed by atoms with Crippen LogP contribution in [0.4, 0.5) is 11.9 Å². The summed E-state index contributed by atoms with van der Waals surface area (Å²) in [4.78, 5) is 26.5. The Labute approximate surface area is 107 Å². The highest BCUT2D eigenvalue weighted by molar-refractivity contribution is 5.74. The molecule has 0 radical (unpaired) electrons. The Morgan fingerprint density at radius 3 is 2.74 bits per heavy atom. The molecule has 2 heterocycles. The Kier molecular flexibility index (Phi) is 3.78. The molecule has 0 saturated carbocycles. The lowest BCUT2D eigenvalue weighted by Crippen LogP contribution is -2.19. The molecule has 2 rings (SSSR count). The zero-order chi connectivity index (χ0) is 13.7. The molecule has 0 atom stereocenters. The minimum absolute atomic E-state index is 0.155. The zero-order valence-electron chi connectivity index (χ0n) is 9.82. The van der Waals surface area contributed by atoms with Gasteiger partial charge in [-0.1, -0.05) is 0 Å². The highest BCUT2D eigenvalue weighted by atomic mass is 16.1. The molecule has 0 aliphatic carbocycles. The molecule has 11 nitrogen and oxygen atoms in total. The van der Waals surface area contributed by atoms with Gasteiger partial charge in [0.05, 0.1) is 0 Å². The van der Waals surface area contributed by atoms with Crippen LogP contribution in [0.15, 0.2) is 12.7 Å². The van der Waals surface area contributed by atoms with Gasteiger partial charge in [0, 0.05) is 13.0 Å². The quantitative estimate of drug-likeness (QED) is 0.342. The normalized spacial score (nSPS) is 10.2. The molecule has 0 aliphatic heterocycles. The largest absolute Gasteiger partial charge is 0.370 e. The highest BCUT2D eigenvalue weighted by Gasteiger charge is 2.08. The summed E-state index contributed by atoms with van der Waals surface area (Å²) in [5.74, 6) is 5.48. The van der Waals surface area contributed by atoms with Crippen molar-refractivity contribution in [3.8, 4) is 5.95 Å². The lowest BCUT2D eigenvalue weighted by Gasteiger charge is -2.07. The van der Waals surface area contributed by atoms with E-state index in [0.29, 0.717) is 6.54 Å². The maximum Gasteiger partial charge on any atom is 0.258 e. The van der Waals surface area contributed by atoms with Gasteiger partial charge in [-0.05, 0) is 0 Å². The topological polar surface area (TPSA) is 163 Å². The molecule has 11 heteroatoms. The Morgan fingerprint density at radius 2 is 2.11 bits per heavy atom. The summed E-state index contributed by atoms with van der Waals surface area (Å²) in [6, 6.07) is 0. The van der Waals surface area contributed by atoms with E-state index in [1.807, 2.05) is 0 Å². The Hall–Kier alpha value is -2.82. The van der Waals surface area contributed by atoms with E-state index in [9.17, 15) is 4.79 Å². The van der Waals surface area contributed by atoms with Gasteiger partial charge in [-0.25, -0.2) is 10.8 Å². The van der Waals surface area contributed by atoms with Crippen molar-refractivity contribution in [1.82, 2.24) is 29.7 Å². The van der Waals surface area contributed by atoms with Crippen LogP contribution in [-0.2, 0) is 4.79 Å². The molecule has 2 aromatic heterocycles. The van der Waals surface area contributed by atoms with Crippen molar-refractivity contribution in [2.75, 3.05) is 17.3 Å². The van der Waals surface area contributed by atoms with Crippen LogP contribution in [0, 0.1) is 0 Å². The van der Waals surface area contributed by atoms with Crippen LogP contribution in [0.25, 0.3) is 5.95 Å². The van der Waals surface area contributed by atoms with E-state index in [0.717, 1.165) is 0 Å². The smallest absolute Gasteiger partial charge is 0.258 e. The number of anilines is 2. The molecule has 0 unspecified atom stereocenters. The number of hydrazine groups is 1. The second kappa shape index (κ2) is 5.68. The van der Waals surface area contributed by atoms with Gasteiger partial charge in [-0.3, -0.25) is 10.2 Å². The number of carbonyl (C=O) groups excluding carboxylic acids is 1. The third kappa shape index (κ3) is 3.32. The molecule has 0 aromatic carbocycles. The standard InChI is InChI=1S/C8H12N10O/c9-5(19)1-2-12-6-14-7(17-10)16-8(15-6)18-4-11-3-13-18/h3-4H,1-2,10H2,(H2,9,19)(H2,12,14,15,16,17). The fourth-order valence-electron chi connectivity index (χ4n) is 1.22. The number of nitrogen functional groups attached to an aromatic ring is 1. The van der Waals surface area contributed by atoms with E-state index in [1.165, 1.54) is 17.3 Å². The van der Waals surface area contributed by atoms with Crippen molar-refractivity contribution in [2.45, 2.75) is 6.42 Å². The van der Waals surface area contributed by atoms with Crippen molar-refractivity contribution in [2.24, 2.45) is 11.6 Å². The number of carbonyl (C=O) groups is 1. The molecule has 0 aliphatic rings. The average Bonchev–Trinajstić information content (AvgIpc) is 2.92. The molecular formula is C8H12N10O. The molecule has 1 amide bonds. The number of nitrogens with two attached hydrogens (primary N) is 2. The summed E-state index contributed by atoms with van der Waals surface area (Å²) in [5.41, 5.74) is 7.35. The first-order valence-electron chi connectivity index (χ1n) is 5.29. The summed E-state index contributed by atoms with van der Waals surface area (Å²) < 4.78 is 1.35.